The summed E-state index contributed by atoms with van der Waals surface area (Å²) in [5, 5.41) is 12.7. The molecule has 2 aliphatic rings. The molecule has 1 fully saturated rings. The van der Waals surface area contributed by atoms with E-state index in [-0.39, 0.29) is 29.7 Å². The van der Waals surface area contributed by atoms with Crippen LogP contribution in [0.25, 0.3) is 11.0 Å². The number of amides is 1. The van der Waals surface area contributed by atoms with Crippen LogP contribution in [0.1, 0.15) is 25.6 Å². The smallest absolute Gasteiger partial charge is 0.268 e. The van der Waals surface area contributed by atoms with Gasteiger partial charge in [-0.1, -0.05) is 12.1 Å². The first-order valence-electron chi connectivity index (χ1n) is 13.4. The van der Waals surface area contributed by atoms with E-state index in [0.29, 0.717) is 38.3 Å². The van der Waals surface area contributed by atoms with Gasteiger partial charge >= 0.3 is 0 Å². The van der Waals surface area contributed by atoms with Crippen LogP contribution in [-0.4, -0.2) is 90.2 Å². The Morgan fingerprint density at radius 1 is 1.26 bits per heavy atom. The lowest BCUT2D eigenvalue weighted by Gasteiger charge is -2.37. The molecule has 4 heterocycles. The first-order chi connectivity index (χ1) is 19.2. The fraction of sp³-hybridized carbons (Fsp3) is 0.400. The normalized spacial score (nSPS) is 19.8. The molecule has 0 radical (unpaired) electrons. The molecule has 0 aliphatic carbocycles. The van der Waals surface area contributed by atoms with Crippen molar-refractivity contribution in [3.05, 3.63) is 63.3 Å². The zero-order chi connectivity index (χ0) is 29.7. The van der Waals surface area contributed by atoms with Crippen molar-refractivity contribution < 1.29 is 31.6 Å². The molecule has 11 nitrogen and oxygen atoms in total. The van der Waals surface area contributed by atoms with E-state index >= 15 is 0 Å². The average Bonchev–Trinajstić information content (AvgIpc) is 2.88. The third kappa shape index (κ3) is 4.84. The summed E-state index contributed by atoms with van der Waals surface area (Å²) in [5.41, 5.74) is -0.343. The highest BCUT2D eigenvalue weighted by atomic mass is 32.2. The summed E-state index contributed by atoms with van der Waals surface area (Å²) in [4.78, 5) is 32.7. The van der Waals surface area contributed by atoms with Crippen LogP contribution in [0.4, 0.5) is 4.39 Å². The number of hydrogen-bond acceptors (Lipinski definition) is 8. The number of ether oxygens (including phenoxy) is 1. The Morgan fingerprint density at radius 2 is 1.97 bits per heavy atom. The molecule has 1 aromatic carbocycles. The lowest BCUT2D eigenvalue weighted by Crippen LogP contribution is -2.52. The summed E-state index contributed by atoms with van der Waals surface area (Å²) >= 11 is 0. The molecule has 0 spiro atoms. The number of nitrogens with one attached hydrogen (secondary N) is 1. The monoisotopic (exact) mass is 548 g/mol. The predicted molar refractivity (Wildman–Crippen MR) is 138 cm³/mol. The predicted octanol–water partition coefficient (Wildman–Crippen LogP) is 0.530. The Morgan fingerprint density at radius 3 is 2.63 bits per heavy atom. The molecule has 13 heteroatoms. The molecule has 5 rings (SSSR count). The van der Waals surface area contributed by atoms with Crippen molar-refractivity contribution in [2.75, 3.05) is 46.0 Å². The largest absolute Gasteiger partial charge is 0.505 e. The molecule has 2 N–H and O–H groups in total. The van der Waals surface area contributed by atoms with Crippen LogP contribution in [0.5, 0.6) is 11.5 Å². The molecular formula is C25H28FN5O6S. The van der Waals surface area contributed by atoms with Crippen molar-refractivity contribution in [3.63, 3.8) is 0 Å². The zero-order valence-corrected chi connectivity index (χ0v) is 21.3. The molecule has 1 amide bonds. The van der Waals surface area contributed by atoms with Crippen LogP contribution in [0.15, 0.2) is 35.3 Å². The van der Waals surface area contributed by atoms with E-state index in [1.807, 2.05) is 4.90 Å². The highest BCUT2D eigenvalue weighted by Crippen LogP contribution is 2.37. The summed E-state index contributed by atoms with van der Waals surface area (Å²) in [6, 6.07) is 5.82. The Bertz CT molecular complexity index is 1670. The number of hydrogen-bond donors (Lipinski definition) is 2. The number of aromatic nitrogens is 2. The van der Waals surface area contributed by atoms with Gasteiger partial charge in [0.15, 0.2) is 11.5 Å². The van der Waals surface area contributed by atoms with E-state index in [0.717, 1.165) is 11.8 Å². The maximum atomic E-state index is 13.6. The van der Waals surface area contributed by atoms with E-state index in [1.165, 1.54) is 27.2 Å². The second-order valence-corrected chi connectivity index (χ2v) is 11.4. The Labute approximate surface area is 222 Å². The van der Waals surface area contributed by atoms with E-state index in [1.54, 1.807) is 17.4 Å². The van der Waals surface area contributed by atoms with Gasteiger partial charge in [-0.05, 0) is 17.7 Å². The van der Waals surface area contributed by atoms with Gasteiger partial charge in [0.1, 0.15) is 28.5 Å². The summed E-state index contributed by atoms with van der Waals surface area (Å²) in [6.45, 7) is -1.15. The molecule has 3 aromatic rings. The highest BCUT2D eigenvalue weighted by Gasteiger charge is 2.33. The molecule has 2 aliphatic heterocycles. The second-order valence-electron chi connectivity index (χ2n) is 9.41. The van der Waals surface area contributed by atoms with Crippen molar-refractivity contribution >= 4 is 27.0 Å². The number of carbonyl (C=O) groups excluding carboxylic acids is 1. The van der Waals surface area contributed by atoms with Crippen LogP contribution in [0.3, 0.4) is 0 Å². The quantitative estimate of drug-likeness (QED) is 0.456. The standard InChI is InChI=1S/C25H28FN5O6S/c1-27-24(33)19-22(32)20-21-23(16(12-28-20)11-15-3-5-17(26)6-4-15)37-18(14-31(21)25(19)34)13-29-7-9-30(10-8-29)38(2,35)36/h3-6,12,18,32H,7-11,13-14H2,1-2H3,(H,27,33)/t18-/m0/s1/i1D3. The van der Waals surface area contributed by atoms with Gasteiger partial charge in [-0.2, -0.15) is 4.31 Å². The first-order valence-corrected chi connectivity index (χ1v) is 13.7. The van der Waals surface area contributed by atoms with Gasteiger partial charge in [0.2, 0.25) is 10.0 Å². The number of pyridine rings is 2. The Hall–Kier alpha value is -3.55. The average molecular weight is 549 g/mol. The van der Waals surface area contributed by atoms with Gasteiger partial charge in [0.25, 0.3) is 11.5 Å². The van der Waals surface area contributed by atoms with Crippen LogP contribution in [0.2, 0.25) is 0 Å². The molecule has 2 aromatic heterocycles. The molecule has 1 atom stereocenters. The maximum absolute atomic E-state index is 13.6. The SMILES string of the molecule is [2H]C([2H])([2H])NC(=O)c1c(O)c2ncc(Cc3ccc(F)cc3)c3c2n(c1=O)C[C@H](CN1CCN(S(C)(=O)=O)CC1)O3. The van der Waals surface area contributed by atoms with Crippen molar-refractivity contribution in [2.45, 2.75) is 19.1 Å². The van der Waals surface area contributed by atoms with E-state index < -0.39 is 51.7 Å². The molecule has 0 saturated carbocycles. The van der Waals surface area contributed by atoms with Gasteiger partial charge in [-0.15, -0.1) is 0 Å². The zero-order valence-electron chi connectivity index (χ0n) is 23.5. The molecule has 0 unspecified atom stereocenters. The van der Waals surface area contributed by atoms with Gasteiger partial charge in [0.05, 0.1) is 12.8 Å². The van der Waals surface area contributed by atoms with Gasteiger partial charge in [0, 0.05) is 62.0 Å². The topological polar surface area (TPSA) is 134 Å². The Kier molecular flexibility index (Phi) is 5.88. The van der Waals surface area contributed by atoms with Gasteiger partial charge in [-0.3, -0.25) is 24.0 Å². The molecular weight excluding hydrogens is 517 g/mol. The molecule has 202 valence electrons. The number of carbonyl (C=O) groups is 1. The fourth-order valence-electron chi connectivity index (χ4n) is 4.96. The van der Waals surface area contributed by atoms with Crippen molar-refractivity contribution in [1.82, 2.24) is 24.1 Å². The number of halogens is 1. The van der Waals surface area contributed by atoms with Crippen LogP contribution in [-0.2, 0) is 23.0 Å². The number of sulfonamides is 1. The fourth-order valence-corrected chi connectivity index (χ4v) is 5.78. The number of piperazine rings is 1. The van der Waals surface area contributed by atoms with Crippen LogP contribution < -0.4 is 15.6 Å². The number of rotatable bonds is 6. The van der Waals surface area contributed by atoms with Crippen LogP contribution in [0, 0.1) is 5.82 Å². The number of nitrogens with zero attached hydrogens (tertiary/aromatic N) is 4. The van der Waals surface area contributed by atoms with Crippen molar-refractivity contribution in [1.29, 1.82) is 0 Å². The van der Waals surface area contributed by atoms with E-state index in [9.17, 15) is 27.5 Å². The van der Waals surface area contributed by atoms with Gasteiger partial charge in [-0.25, -0.2) is 12.8 Å². The highest BCUT2D eigenvalue weighted by molar-refractivity contribution is 7.88. The minimum absolute atomic E-state index is 0.0371. The maximum Gasteiger partial charge on any atom is 0.268 e. The second kappa shape index (κ2) is 9.97. The molecule has 38 heavy (non-hydrogen) atoms. The van der Waals surface area contributed by atoms with E-state index in [2.05, 4.69) is 4.98 Å². The molecule has 0 bridgehead atoms. The van der Waals surface area contributed by atoms with Gasteiger partial charge < -0.3 is 15.2 Å². The number of aromatic hydroxyl groups is 1. The summed E-state index contributed by atoms with van der Waals surface area (Å²) in [7, 11) is -3.32. The third-order valence-electron chi connectivity index (χ3n) is 6.85. The lowest BCUT2D eigenvalue weighted by molar-refractivity contribution is 0.0894. The Balaban J connectivity index is 1.55. The van der Waals surface area contributed by atoms with Crippen molar-refractivity contribution in [2.24, 2.45) is 0 Å². The lowest BCUT2D eigenvalue weighted by atomic mass is 10.0. The summed E-state index contributed by atoms with van der Waals surface area (Å²) in [5.74, 6) is -2.19. The van der Waals surface area contributed by atoms with Crippen LogP contribution >= 0.6 is 0 Å². The van der Waals surface area contributed by atoms with Crippen molar-refractivity contribution in [3.8, 4) is 11.5 Å². The third-order valence-corrected chi connectivity index (χ3v) is 8.16. The minimum Gasteiger partial charge on any atom is -0.505 e. The first kappa shape index (κ1) is 22.4. The molecule has 1 saturated heterocycles. The number of benzene rings is 1. The summed E-state index contributed by atoms with van der Waals surface area (Å²) < 4.78 is 68.3. The minimum atomic E-state index is -3.32. The summed E-state index contributed by atoms with van der Waals surface area (Å²) in [6.07, 6.45) is 2.22. The van der Waals surface area contributed by atoms with E-state index in [4.69, 9.17) is 8.85 Å².